The lowest BCUT2D eigenvalue weighted by Crippen LogP contribution is -1.94. The average molecular weight is 189 g/mol. The molecule has 1 aromatic heterocycles. The highest BCUT2D eigenvalue weighted by Crippen LogP contribution is 2.25. The topological polar surface area (TPSA) is 81.5 Å². The van der Waals surface area contributed by atoms with Crippen molar-refractivity contribution >= 4 is 22.9 Å². The molecule has 0 bridgehead atoms. The molecular formula is C9H7N3O2. The van der Waals surface area contributed by atoms with E-state index in [0.29, 0.717) is 22.7 Å². The van der Waals surface area contributed by atoms with E-state index < -0.39 is 0 Å². The molecule has 2 rings (SSSR count). The van der Waals surface area contributed by atoms with Crippen molar-refractivity contribution in [3.8, 4) is 0 Å². The molecule has 0 unspecified atom stereocenters. The summed E-state index contributed by atoms with van der Waals surface area (Å²) in [5.74, 6) is 0.425. The summed E-state index contributed by atoms with van der Waals surface area (Å²) in [5, 5.41) is 0. The molecule has 0 aliphatic heterocycles. The maximum Gasteiger partial charge on any atom is 0.240 e. The standard InChI is InChI=1S/C9H7N3O2/c10-4-8-12-7-3-1-2-6(11-5-13)9(7)14-8/h1-3H,4,10H2. The molecule has 1 heterocycles. The largest absolute Gasteiger partial charge is 0.437 e. The molecule has 0 fully saturated rings. The maximum absolute atomic E-state index is 10.1. The number of para-hydroxylation sites is 1. The van der Waals surface area contributed by atoms with E-state index in [4.69, 9.17) is 10.2 Å². The van der Waals surface area contributed by atoms with Crippen LogP contribution in [-0.4, -0.2) is 11.1 Å². The summed E-state index contributed by atoms with van der Waals surface area (Å²) < 4.78 is 5.29. The first-order valence-corrected chi connectivity index (χ1v) is 4.01. The number of hydrogen-bond acceptors (Lipinski definition) is 5. The van der Waals surface area contributed by atoms with Crippen LogP contribution in [0, 0.1) is 0 Å². The van der Waals surface area contributed by atoms with Crippen molar-refractivity contribution in [1.82, 2.24) is 4.98 Å². The zero-order valence-electron chi connectivity index (χ0n) is 7.23. The fourth-order valence-corrected chi connectivity index (χ4v) is 1.21. The molecule has 0 atom stereocenters. The third-order valence-electron chi connectivity index (χ3n) is 1.78. The first-order valence-electron chi connectivity index (χ1n) is 4.01. The predicted molar refractivity (Wildman–Crippen MR) is 49.7 cm³/mol. The summed E-state index contributed by atoms with van der Waals surface area (Å²) in [7, 11) is 0. The molecule has 0 radical (unpaired) electrons. The predicted octanol–water partition coefficient (Wildman–Crippen LogP) is 1.25. The normalized spacial score (nSPS) is 10.1. The molecule has 0 aliphatic rings. The number of oxazole rings is 1. The molecule has 0 spiro atoms. The number of nitrogens with zero attached hydrogens (tertiary/aromatic N) is 2. The number of aromatic nitrogens is 1. The van der Waals surface area contributed by atoms with Crippen LogP contribution in [0.5, 0.6) is 0 Å². The number of isocyanates is 1. The zero-order valence-corrected chi connectivity index (χ0v) is 7.23. The van der Waals surface area contributed by atoms with Gasteiger partial charge in [0.25, 0.3) is 0 Å². The van der Waals surface area contributed by atoms with Gasteiger partial charge in [-0.25, -0.2) is 9.78 Å². The Hall–Kier alpha value is -1.97. The lowest BCUT2D eigenvalue weighted by atomic mass is 10.3. The Bertz CT molecular complexity index is 512. The molecule has 1 aromatic carbocycles. The second kappa shape index (κ2) is 3.41. The minimum atomic E-state index is 0.221. The highest BCUT2D eigenvalue weighted by Gasteiger charge is 2.07. The molecule has 0 aliphatic carbocycles. The summed E-state index contributed by atoms with van der Waals surface area (Å²) >= 11 is 0. The molecule has 14 heavy (non-hydrogen) atoms. The smallest absolute Gasteiger partial charge is 0.240 e. The number of rotatable bonds is 2. The molecule has 0 amide bonds. The number of aliphatic imine (C=N–C) groups is 1. The number of fused-ring (bicyclic) bond motifs is 1. The van der Waals surface area contributed by atoms with E-state index in [0.717, 1.165) is 0 Å². The summed E-state index contributed by atoms with van der Waals surface area (Å²) in [5.41, 5.74) is 6.90. The summed E-state index contributed by atoms with van der Waals surface area (Å²) in [4.78, 5) is 17.7. The number of hydrogen-bond donors (Lipinski definition) is 1. The van der Waals surface area contributed by atoms with E-state index in [1.807, 2.05) is 0 Å². The van der Waals surface area contributed by atoms with Gasteiger partial charge in [-0.15, -0.1) is 0 Å². The number of nitrogens with two attached hydrogens (primary N) is 1. The summed E-state index contributed by atoms with van der Waals surface area (Å²) in [6, 6.07) is 5.15. The van der Waals surface area contributed by atoms with E-state index in [9.17, 15) is 4.79 Å². The third-order valence-corrected chi connectivity index (χ3v) is 1.78. The van der Waals surface area contributed by atoms with Crippen molar-refractivity contribution in [1.29, 1.82) is 0 Å². The highest BCUT2D eigenvalue weighted by molar-refractivity contribution is 5.85. The second-order valence-corrected chi connectivity index (χ2v) is 2.64. The SMILES string of the molecule is NCc1nc2cccc(N=C=O)c2o1. The van der Waals surface area contributed by atoms with Crippen LogP contribution in [0.25, 0.3) is 11.1 Å². The van der Waals surface area contributed by atoms with E-state index in [1.54, 1.807) is 18.2 Å². The van der Waals surface area contributed by atoms with Crippen LogP contribution in [0.15, 0.2) is 27.6 Å². The lowest BCUT2D eigenvalue weighted by molar-refractivity contribution is 0.533. The van der Waals surface area contributed by atoms with Crippen molar-refractivity contribution in [3.63, 3.8) is 0 Å². The van der Waals surface area contributed by atoms with Gasteiger partial charge in [0.2, 0.25) is 12.0 Å². The quantitative estimate of drug-likeness (QED) is 0.569. The van der Waals surface area contributed by atoms with Crippen LogP contribution in [0.2, 0.25) is 0 Å². The van der Waals surface area contributed by atoms with Gasteiger partial charge in [0.05, 0.1) is 6.54 Å². The number of carbonyl (C=O) groups excluding carboxylic acids is 1. The molecule has 70 valence electrons. The van der Waals surface area contributed by atoms with Crippen LogP contribution in [-0.2, 0) is 11.3 Å². The Balaban J connectivity index is 2.72. The Kier molecular flexibility index (Phi) is 2.10. The Morgan fingerprint density at radius 2 is 2.43 bits per heavy atom. The van der Waals surface area contributed by atoms with Gasteiger partial charge in [0.15, 0.2) is 5.58 Å². The van der Waals surface area contributed by atoms with Crippen molar-refractivity contribution in [3.05, 3.63) is 24.1 Å². The van der Waals surface area contributed by atoms with Crippen LogP contribution < -0.4 is 5.73 Å². The van der Waals surface area contributed by atoms with Crippen LogP contribution in [0.3, 0.4) is 0 Å². The number of benzene rings is 1. The minimum Gasteiger partial charge on any atom is -0.437 e. The monoisotopic (exact) mass is 189 g/mol. The van der Waals surface area contributed by atoms with Gasteiger partial charge in [-0.05, 0) is 12.1 Å². The van der Waals surface area contributed by atoms with Crippen LogP contribution in [0.4, 0.5) is 5.69 Å². The zero-order chi connectivity index (χ0) is 9.97. The van der Waals surface area contributed by atoms with Crippen molar-refractivity contribution < 1.29 is 9.21 Å². The highest BCUT2D eigenvalue weighted by atomic mass is 16.3. The van der Waals surface area contributed by atoms with E-state index in [-0.39, 0.29) is 6.54 Å². The average Bonchev–Trinajstić information content (AvgIpc) is 2.62. The Morgan fingerprint density at radius 3 is 3.14 bits per heavy atom. The van der Waals surface area contributed by atoms with E-state index in [1.165, 1.54) is 6.08 Å². The fraction of sp³-hybridized carbons (Fsp3) is 0.111. The molecule has 5 nitrogen and oxygen atoms in total. The van der Waals surface area contributed by atoms with Gasteiger partial charge in [-0.2, -0.15) is 4.99 Å². The van der Waals surface area contributed by atoms with Crippen molar-refractivity contribution in [2.45, 2.75) is 6.54 Å². The Morgan fingerprint density at radius 1 is 1.57 bits per heavy atom. The second-order valence-electron chi connectivity index (χ2n) is 2.64. The maximum atomic E-state index is 10.1. The molecular weight excluding hydrogens is 182 g/mol. The summed E-state index contributed by atoms with van der Waals surface area (Å²) in [6.45, 7) is 0.221. The summed E-state index contributed by atoms with van der Waals surface area (Å²) in [6.07, 6.45) is 1.46. The van der Waals surface area contributed by atoms with Gasteiger partial charge in [-0.3, -0.25) is 0 Å². The molecule has 5 heteroatoms. The van der Waals surface area contributed by atoms with Gasteiger partial charge >= 0.3 is 0 Å². The minimum absolute atomic E-state index is 0.221. The van der Waals surface area contributed by atoms with E-state index >= 15 is 0 Å². The molecule has 2 aromatic rings. The van der Waals surface area contributed by atoms with E-state index in [2.05, 4.69) is 9.98 Å². The molecule has 0 saturated carbocycles. The van der Waals surface area contributed by atoms with Crippen molar-refractivity contribution in [2.24, 2.45) is 10.7 Å². The van der Waals surface area contributed by atoms with Gasteiger partial charge in [0.1, 0.15) is 11.2 Å². The third kappa shape index (κ3) is 1.31. The first-order chi connectivity index (χ1) is 6.85. The van der Waals surface area contributed by atoms with Crippen LogP contribution in [0.1, 0.15) is 5.89 Å². The first kappa shape index (κ1) is 8.62. The van der Waals surface area contributed by atoms with Crippen LogP contribution >= 0.6 is 0 Å². The Labute approximate surface area is 79.3 Å². The lowest BCUT2D eigenvalue weighted by Gasteiger charge is -1.89. The van der Waals surface area contributed by atoms with Crippen molar-refractivity contribution in [2.75, 3.05) is 0 Å². The fourth-order valence-electron chi connectivity index (χ4n) is 1.21. The van der Waals surface area contributed by atoms with Gasteiger partial charge < -0.3 is 10.2 Å². The van der Waals surface area contributed by atoms with Gasteiger partial charge in [-0.1, -0.05) is 6.07 Å². The molecule has 0 saturated heterocycles. The molecule has 2 N–H and O–H groups in total. The van der Waals surface area contributed by atoms with Gasteiger partial charge in [0, 0.05) is 0 Å².